The molecule has 0 fully saturated rings. The number of ether oxygens (including phenoxy) is 3. The number of hydrogen-bond acceptors (Lipinski definition) is 6. The van der Waals surface area contributed by atoms with E-state index in [1.54, 1.807) is 12.1 Å². The zero-order valence-electron chi connectivity index (χ0n) is 13.3. The summed E-state index contributed by atoms with van der Waals surface area (Å²) in [6.07, 6.45) is 0. The van der Waals surface area contributed by atoms with Crippen molar-refractivity contribution in [2.45, 2.75) is 13.2 Å². The molecule has 23 heavy (non-hydrogen) atoms. The van der Waals surface area contributed by atoms with E-state index >= 15 is 0 Å². The molecule has 2 aromatic rings. The number of methoxy groups -OCH3 is 3. The van der Waals surface area contributed by atoms with Gasteiger partial charge in [0, 0.05) is 28.9 Å². The third-order valence-corrected chi connectivity index (χ3v) is 3.63. The van der Waals surface area contributed by atoms with E-state index in [2.05, 4.69) is 4.98 Å². The van der Waals surface area contributed by atoms with Crippen molar-refractivity contribution in [2.24, 2.45) is 5.73 Å². The lowest BCUT2D eigenvalue weighted by Gasteiger charge is -2.16. The Morgan fingerprint density at radius 1 is 1.17 bits per heavy atom. The van der Waals surface area contributed by atoms with E-state index in [1.807, 2.05) is 6.07 Å². The number of benzene rings is 1. The molecule has 122 valence electrons. The van der Waals surface area contributed by atoms with Crippen LogP contribution in [0.1, 0.15) is 17.0 Å². The SMILES string of the molecule is COc1ccc(-c2c(CN)[nH]c(C#N)c2CO)c(OC)c1OC. The number of aromatic amines is 1. The van der Waals surface area contributed by atoms with Crippen LogP contribution in [0.25, 0.3) is 11.1 Å². The Labute approximate surface area is 134 Å². The first-order valence-electron chi connectivity index (χ1n) is 6.90. The van der Waals surface area contributed by atoms with Crippen LogP contribution in [0.5, 0.6) is 17.2 Å². The van der Waals surface area contributed by atoms with E-state index in [4.69, 9.17) is 19.9 Å². The minimum Gasteiger partial charge on any atom is -0.493 e. The Hall–Kier alpha value is -2.69. The molecule has 0 saturated heterocycles. The third-order valence-electron chi connectivity index (χ3n) is 3.63. The van der Waals surface area contributed by atoms with Crippen LogP contribution in [-0.2, 0) is 13.2 Å². The van der Waals surface area contributed by atoms with E-state index in [9.17, 15) is 10.4 Å². The fourth-order valence-electron chi connectivity index (χ4n) is 2.63. The molecule has 1 aromatic carbocycles. The monoisotopic (exact) mass is 317 g/mol. The summed E-state index contributed by atoms with van der Waals surface area (Å²) in [5, 5.41) is 18.9. The van der Waals surface area contributed by atoms with Gasteiger partial charge in [0.1, 0.15) is 11.8 Å². The molecule has 1 heterocycles. The number of nitriles is 1. The lowest BCUT2D eigenvalue weighted by atomic mass is 9.98. The van der Waals surface area contributed by atoms with Crippen LogP contribution < -0.4 is 19.9 Å². The molecule has 0 radical (unpaired) electrons. The van der Waals surface area contributed by atoms with E-state index in [-0.39, 0.29) is 18.8 Å². The van der Waals surface area contributed by atoms with Gasteiger partial charge in [-0.1, -0.05) is 0 Å². The number of nitrogens with two attached hydrogens (primary N) is 1. The predicted molar refractivity (Wildman–Crippen MR) is 84.4 cm³/mol. The summed E-state index contributed by atoms with van der Waals surface area (Å²) in [7, 11) is 4.56. The van der Waals surface area contributed by atoms with Crippen molar-refractivity contribution in [3.05, 3.63) is 29.1 Å². The van der Waals surface area contributed by atoms with E-state index < -0.39 is 0 Å². The Balaban J connectivity index is 2.82. The number of hydrogen-bond donors (Lipinski definition) is 3. The Morgan fingerprint density at radius 3 is 2.35 bits per heavy atom. The fraction of sp³-hybridized carbons (Fsp3) is 0.312. The Bertz CT molecular complexity index is 747. The summed E-state index contributed by atoms with van der Waals surface area (Å²) in [6.45, 7) is -0.117. The highest BCUT2D eigenvalue weighted by molar-refractivity contribution is 5.81. The molecule has 1 aromatic heterocycles. The summed E-state index contributed by atoms with van der Waals surface area (Å²) in [4.78, 5) is 2.94. The number of aliphatic hydroxyl groups is 1. The van der Waals surface area contributed by atoms with Gasteiger partial charge in [0.25, 0.3) is 0 Å². The molecule has 0 aliphatic carbocycles. The van der Waals surface area contributed by atoms with Gasteiger partial charge in [-0.25, -0.2) is 0 Å². The quantitative estimate of drug-likeness (QED) is 0.744. The van der Waals surface area contributed by atoms with Crippen LogP contribution in [0.15, 0.2) is 12.1 Å². The number of H-pyrrole nitrogens is 1. The van der Waals surface area contributed by atoms with Crippen molar-refractivity contribution in [1.29, 1.82) is 5.26 Å². The second kappa shape index (κ2) is 7.05. The maximum Gasteiger partial charge on any atom is 0.203 e. The molecule has 7 nitrogen and oxygen atoms in total. The Morgan fingerprint density at radius 2 is 1.87 bits per heavy atom. The largest absolute Gasteiger partial charge is 0.493 e. The zero-order valence-corrected chi connectivity index (χ0v) is 13.3. The fourth-order valence-corrected chi connectivity index (χ4v) is 2.63. The van der Waals surface area contributed by atoms with Crippen molar-refractivity contribution in [3.8, 4) is 34.4 Å². The molecule has 0 aliphatic rings. The van der Waals surface area contributed by atoms with Crippen LogP contribution in [0.4, 0.5) is 0 Å². The molecule has 0 aliphatic heterocycles. The lowest BCUT2D eigenvalue weighted by Crippen LogP contribution is -2.02. The number of rotatable bonds is 6. The van der Waals surface area contributed by atoms with Gasteiger partial charge in [0.05, 0.1) is 27.9 Å². The average Bonchev–Trinajstić information content (AvgIpc) is 2.97. The maximum atomic E-state index is 9.68. The van der Waals surface area contributed by atoms with Gasteiger partial charge >= 0.3 is 0 Å². The normalized spacial score (nSPS) is 10.3. The highest BCUT2D eigenvalue weighted by Gasteiger charge is 2.24. The van der Waals surface area contributed by atoms with Gasteiger partial charge in [-0.3, -0.25) is 0 Å². The van der Waals surface area contributed by atoms with Gasteiger partial charge in [-0.2, -0.15) is 5.26 Å². The molecule has 7 heteroatoms. The molecule has 0 amide bonds. The molecule has 0 unspecified atom stereocenters. The minimum atomic E-state index is -0.299. The first-order valence-corrected chi connectivity index (χ1v) is 6.90. The van der Waals surface area contributed by atoms with Crippen LogP contribution in [0, 0.1) is 11.3 Å². The lowest BCUT2D eigenvalue weighted by molar-refractivity contribution is 0.282. The molecule has 0 atom stereocenters. The summed E-state index contributed by atoms with van der Waals surface area (Å²) < 4.78 is 16.1. The van der Waals surface area contributed by atoms with Gasteiger partial charge in [0.15, 0.2) is 11.5 Å². The van der Waals surface area contributed by atoms with Crippen molar-refractivity contribution in [2.75, 3.05) is 21.3 Å². The molecule has 0 spiro atoms. The number of nitrogens with one attached hydrogen (secondary N) is 1. The smallest absolute Gasteiger partial charge is 0.203 e. The Kier molecular flexibility index (Phi) is 5.11. The molecular weight excluding hydrogens is 298 g/mol. The molecule has 4 N–H and O–H groups in total. The number of aliphatic hydroxyl groups excluding tert-OH is 1. The molecular formula is C16H19N3O4. The van der Waals surface area contributed by atoms with Crippen LogP contribution in [0.2, 0.25) is 0 Å². The summed E-state index contributed by atoms with van der Waals surface area (Å²) in [5.41, 5.74) is 8.46. The van der Waals surface area contributed by atoms with Crippen molar-refractivity contribution < 1.29 is 19.3 Å². The zero-order chi connectivity index (χ0) is 17.0. The highest BCUT2D eigenvalue weighted by atomic mass is 16.5. The number of aromatic nitrogens is 1. The first kappa shape index (κ1) is 16.7. The minimum absolute atomic E-state index is 0.182. The van der Waals surface area contributed by atoms with Crippen molar-refractivity contribution in [1.82, 2.24) is 4.98 Å². The topological polar surface area (TPSA) is 114 Å². The second-order valence-electron chi connectivity index (χ2n) is 4.69. The van der Waals surface area contributed by atoms with Gasteiger partial charge in [0.2, 0.25) is 5.75 Å². The van der Waals surface area contributed by atoms with Gasteiger partial charge in [-0.15, -0.1) is 0 Å². The predicted octanol–water partition coefficient (Wildman–Crippen LogP) is 1.53. The summed E-state index contributed by atoms with van der Waals surface area (Å²) in [6, 6.07) is 5.55. The second-order valence-corrected chi connectivity index (χ2v) is 4.69. The van der Waals surface area contributed by atoms with Crippen molar-refractivity contribution in [3.63, 3.8) is 0 Å². The van der Waals surface area contributed by atoms with Crippen molar-refractivity contribution >= 4 is 0 Å². The van der Waals surface area contributed by atoms with Crippen LogP contribution in [-0.4, -0.2) is 31.4 Å². The molecule has 0 bridgehead atoms. The summed E-state index contributed by atoms with van der Waals surface area (Å²) in [5.74, 6) is 1.39. The first-order chi connectivity index (χ1) is 11.2. The maximum absolute atomic E-state index is 9.68. The van der Waals surface area contributed by atoms with Crippen LogP contribution >= 0.6 is 0 Å². The molecule has 2 rings (SSSR count). The van der Waals surface area contributed by atoms with Gasteiger partial charge < -0.3 is 30.0 Å². The highest BCUT2D eigenvalue weighted by Crippen LogP contribution is 2.46. The number of nitrogens with zero attached hydrogens (tertiary/aromatic N) is 1. The average molecular weight is 317 g/mol. The van der Waals surface area contributed by atoms with E-state index in [0.29, 0.717) is 39.6 Å². The van der Waals surface area contributed by atoms with E-state index in [0.717, 1.165) is 0 Å². The van der Waals surface area contributed by atoms with E-state index in [1.165, 1.54) is 21.3 Å². The summed E-state index contributed by atoms with van der Waals surface area (Å²) >= 11 is 0. The van der Waals surface area contributed by atoms with Crippen LogP contribution in [0.3, 0.4) is 0 Å². The standard InChI is InChI=1S/C16H19N3O4/c1-21-13-5-4-9(15(22-2)16(13)23-3)14-10(8-20)11(6-17)19-12(14)7-18/h4-5,19-20H,7-8,18H2,1-3H3. The molecule has 0 saturated carbocycles. The van der Waals surface area contributed by atoms with Gasteiger partial charge in [-0.05, 0) is 12.1 Å². The third kappa shape index (κ3) is 2.70.